The van der Waals surface area contributed by atoms with E-state index in [0.717, 1.165) is 37.3 Å². The molecule has 4 rings (SSSR count). The molecule has 1 fully saturated rings. The van der Waals surface area contributed by atoms with E-state index in [1.54, 1.807) is 12.4 Å². The molecular weight excluding hydrogens is 310 g/mol. The van der Waals surface area contributed by atoms with Crippen LogP contribution in [0.4, 0.5) is 5.82 Å². The maximum Gasteiger partial charge on any atom is 0.145 e. The molecule has 25 heavy (non-hydrogen) atoms. The Labute approximate surface area is 147 Å². The maximum absolute atomic E-state index is 5.96. The molecule has 128 valence electrons. The van der Waals surface area contributed by atoms with Crippen LogP contribution in [0.2, 0.25) is 0 Å². The van der Waals surface area contributed by atoms with Crippen molar-refractivity contribution in [3.63, 3.8) is 0 Å². The van der Waals surface area contributed by atoms with E-state index in [9.17, 15) is 0 Å². The Kier molecular flexibility index (Phi) is 4.57. The minimum atomic E-state index is 0.569. The van der Waals surface area contributed by atoms with Gasteiger partial charge in [-0.15, -0.1) is 0 Å². The van der Waals surface area contributed by atoms with Gasteiger partial charge in [-0.3, -0.25) is 14.9 Å². The van der Waals surface area contributed by atoms with E-state index in [0.29, 0.717) is 11.7 Å². The molecule has 0 aliphatic carbocycles. The lowest BCUT2D eigenvalue weighted by atomic mass is 9.92. The molecule has 5 nitrogen and oxygen atoms in total. The number of anilines is 1. The highest BCUT2D eigenvalue weighted by Gasteiger charge is 2.22. The number of likely N-dealkylation sites (tertiary alicyclic amines) is 1. The lowest BCUT2D eigenvalue weighted by molar-refractivity contribution is 0.167. The van der Waals surface area contributed by atoms with E-state index in [-0.39, 0.29) is 0 Å². The molecule has 3 heterocycles. The summed E-state index contributed by atoms with van der Waals surface area (Å²) in [6.45, 7) is 3.19. The minimum Gasteiger partial charge on any atom is -0.382 e. The summed E-state index contributed by atoms with van der Waals surface area (Å²) in [6.07, 6.45) is 8.65. The summed E-state index contributed by atoms with van der Waals surface area (Å²) in [4.78, 5) is 15.6. The quantitative estimate of drug-likeness (QED) is 0.795. The van der Waals surface area contributed by atoms with Gasteiger partial charge in [0.25, 0.3) is 0 Å². The van der Waals surface area contributed by atoms with Crippen molar-refractivity contribution in [1.29, 1.82) is 0 Å². The van der Waals surface area contributed by atoms with Crippen LogP contribution >= 0.6 is 0 Å². The molecule has 0 bridgehead atoms. The van der Waals surface area contributed by atoms with Gasteiger partial charge in [-0.1, -0.05) is 18.2 Å². The number of para-hydroxylation sites is 1. The average molecular weight is 333 g/mol. The number of hydrogen-bond donors (Lipinski definition) is 1. The monoisotopic (exact) mass is 333 g/mol. The van der Waals surface area contributed by atoms with Crippen LogP contribution in [0.25, 0.3) is 10.9 Å². The van der Waals surface area contributed by atoms with Crippen molar-refractivity contribution in [3.8, 4) is 0 Å². The van der Waals surface area contributed by atoms with Gasteiger partial charge in [-0.2, -0.15) is 0 Å². The normalized spacial score (nSPS) is 18.5. The molecule has 3 aromatic rings. The summed E-state index contributed by atoms with van der Waals surface area (Å²) >= 11 is 0. The molecule has 1 saturated heterocycles. The summed E-state index contributed by atoms with van der Waals surface area (Å²) < 4.78 is 0. The number of nitrogen functional groups attached to an aromatic ring is 1. The van der Waals surface area contributed by atoms with Crippen molar-refractivity contribution in [1.82, 2.24) is 19.9 Å². The molecule has 1 atom stereocenters. The van der Waals surface area contributed by atoms with Gasteiger partial charge in [0.05, 0.1) is 11.2 Å². The van der Waals surface area contributed by atoms with E-state index >= 15 is 0 Å². The van der Waals surface area contributed by atoms with Crippen LogP contribution in [0.3, 0.4) is 0 Å². The Hall–Kier alpha value is -2.53. The van der Waals surface area contributed by atoms with Crippen molar-refractivity contribution in [3.05, 3.63) is 60.2 Å². The lowest BCUT2D eigenvalue weighted by Gasteiger charge is -2.33. The number of nitrogens with zero attached hydrogens (tertiary/aromatic N) is 4. The van der Waals surface area contributed by atoms with E-state index in [2.05, 4.69) is 44.1 Å². The Morgan fingerprint density at radius 2 is 1.92 bits per heavy atom. The average Bonchev–Trinajstić information content (AvgIpc) is 2.64. The Bertz CT molecular complexity index is 858. The van der Waals surface area contributed by atoms with Crippen LogP contribution in [-0.4, -0.2) is 32.9 Å². The molecular formula is C20H23N5. The summed E-state index contributed by atoms with van der Waals surface area (Å²) in [5, 5.41) is 1.25. The fourth-order valence-corrected chi connectivity index (χ4v) is 3.80. The Morgan fingerprint density at radius 1 is 1.04 bits per heavy atom. The first-order valence-electron chi connectivity index (χ1n) is 8.90. The molecule has 1 aliphatic heterocycles. The standard InChI is InChI=1S/C20H23N5/c21-20-19(23-9-10-24-20)12-15-4-3-11-25(13-15)14-16-7-8-22-18-6-2-1-5-17(16)18/h1-2,5-10,15H,3-4,11-14H2,(H2,21,24)/t15-/m0/s1. The Morgan fingerprint density at radius 3 is 2.84 bits per heavy atom. The third kappa shape index (κ3) is 3.61. The second-order valence-electron chi connectivity index (χ2n) is 6.82. The molecule has 2 aromatic heterocycles. The number of aromatic nitrogens is 3. The van der Waals surface area contributed by atoms with Gasteiger partial charge >= 0.3 is 0 Å². The highest BCUT2D eigenvalue weighted by atomic mass is 15.1. The fraction of sp³-hybridized carbons (Fsp3) is 0.350. The highest BCUT2D eigenvalue weighted by Crippen LogP contribution is 2.24. The van der Waals surface area contributed by atoms with Crippen LogP contribution in [0, 0.1) is 5.92 Å². The second kappa shape index (κ2) is 7.15. The topological polar surface area (TPSA) is 67.9 Å². The number of hydrogen-bond acceptors (Lipinski definition) is 5. The first kappa shape index (κ1) is 16.0. The van der Waals surface area contributed by atoms with Gasteiger partial charge in [0.2, 0.25) is 0 Å². The highest BCUT2D eigenvalue weighted by molar-refractivity contribution is 5.81. The van der Waals surface area contributed by atoms with Crippen molar-refractivity contribution in [2.45, 2.75) is 25.8 Å². The van der Waals surface area contributed by atoms with Gasteiger partial charge in [0, 0.05) is 37.1 Å². The van der Waals surface area contributed by atoms with E-state index in [1.807, 2.05) is 12.3 Å². The van der Waals surface area contributed by atoms with Crippen LogP contribution in [0.15, 0.2) is 48.9 Å². The maximum atomic E-state index is 5.96. The first-order chi connectivity index (χ1) is 12.3. The zero-order chi connectivity index (χ0) is 17.1. The number of rotatable bonds is 4. The van der Waals surface area contributed by atoms with E-state index < -0.39 is 0 Å². The van der Waals surface area contributed by atoms with Gasteiger partial charge in [0.15, 0.2) is 0 Å². The van der Waals surface area contributed by atoms with Crippen LogP contribution in [-0.2, 0) is 13.0 Å². The summed E-state index contributed by atoms with van der Waals surface area (Å²) in [5.41, 5.74) is 9.32. The molecule has 1 aromatic carbocycles. The third-order valence-electron chi connectivity index (χ3n) is 5.02. The number of benzene rings is 1. The second-order valence-corrected chi connectivity index (χ2v) is 6.82. The third-order valence-corrected chi connectivity index (χ3v) is 5.02. The van der Waals surface area contributed by atoms with Gasteiger partial charge in [0.1, 0.15) is 5.82 Å². The predicted octanol–water partition coefficient (Wildman–Crippen LogP) is 3.06. The number of piperidine rings is 1. The molecule has 0 radical (unpaired) electrons. The molecule has 0 saturated carbocycles. The van der Waals surface area contributed by atoms with Gasteiger partial charge in [-0.25, -0.2) is 4.98 Å². The SMILES string of the molecule is Nc1nccnc1C[C@@H]1CCCN(Cc2ccnc3ccccc23)C1. The number of nitrogens with two attached hydrogens (primary N) is 1. The van der Waals surface area contributed by atoms with E-state index in [1.165, 1.54) is 23.8 Å². The van der Waals surface area contributed by atoms with Gasteiger partial charge < -0.3 is 5.73 Å². The zero-order valence-corrected chi connectivity index (χ0v) is 14.3. The zero-order valence-electron chi connectivity index (χ0n) is 14.3. The molecule has 5 heteroatoms. The predicted molar refractivity (Wildman–Crippen MR) is 99.9 cm³/mol. The van der Waals surface area contributed by atoms with E-state index in [4.69, 9.17) is 5.73 Å². The van der Waals surface area contributed by atoms with Crippen molar-refractivity contribution in [2.75, 3.05) is 18.8 Å². The Balaban J connectivity index is 1.47. The van der Waals surface area contributed by atoms with Crippen LogP contribution in [0.5, 0.6) is 0 Å². The molecule has 2 N–H and O–H groups in total. The summed E-state index contributed by atoms with van der Waals surface area (Å²) in [5.74, 6) is 1.15. The van der Waals surface area contributed by atoms with Gasteiger partial charge in [-0.05, 0) is 49.4 Å². The van der Waals surface area contributed by atoms with Crippen molar-refractivity contribution >= 4 is 16.7 Å². The number of pyridine rings is 1. The summed E-state index contributed by atoms with van der Waals surface area (Å²) in [7, 11) is 0. The summed E-state index contributed by atoms with van der Waals surface area (Å²) in [6, 6.07) is 10.5. The molecule has 0 amide bonds. The smallest absolute Gasteiger partial charge is 0.145 e. The lowest BCUT2D eigenvalue weighted by Crippen LogP contribution is -2.36. The van der Waals surface area contributed by atoms with Crippen molar-refractivity contribution in [2.24, 2.45) is 5.92 Å². The minimum absolute atomic E-state index is 0.569. The fourth-order valence-electron chi connectivity index (χ4n) is 3.80. The largest absolute Gasteiger partial charge is 0.382 e. The molecule has 0 spiro atoms. The molecule has 0 unspecified atom stereocenters. The number of fused-ring (bicyclic) bond motifs is 1. The van der Waals surface area contributed by atoms with Crippen LogP contribution < -0.4 is 5.73 Å². The molecule has 1 aliphatic rings. The van der Waals surface area contributed by atoms with Crippen LogP contribution in [0.1, 0.15) is 24.1 Å². The van der Waals surface area contributed by atoms with Crippen molar-refractivity contribution < 1.29 is 0 Å². The first-order valence-corrected chi connectivity index (χ1v) is 8.90.